The van der Waals surface area contributed by atoms with Gasteiger partial charge in [-0.25, -0.2) is 0 Å². The Hall–Kier alpha value is -2.47. The molecular weight excluding hydrogens is 360 g/mol. The molecule has 0 fully saturated rings. The van der Waals surface area contributed by atoms with Crippen LogP contribution in [0, 0.1) is 0 Å². The highest BCUT2D eigenvalue weighted by atomic mass is 32.2. The Morgan fingerprint density at radius 3 is 2.19 bits per heavy atom. The van der Waals surface area contributed by atoms with Crippen molar-refractivity contribution in [3.05, 3.63) is 54.1 Å². The van der Waals surface area contributed by atoms with Crippen LogP contribution in [0.15, 0.2) is 53.4 Å². The monoisotopic (exact) mass is 386 g/mol. The van der Waals surface area contributed by atoms with E-state index in [1.165, 1.54) is 11.8 Å². The summed E-state index contributed by atoms with van der Waals surface area (Å²) in [5, 5.41) is 5.75. The van der Waals surface area contributed by atoms with Crippen LogP contribution in [0.3, 0.4) is 0 Å². The molecule has 2 aromatic rings. The summed E-state index contributed by atoms with van der Waals surface area (Å²) in [7, 11) is 0. The highest BCUT2D eigenvalue weighted by Crippen LogP contribution is 2.22. The molecule has 0 unspecified atom stereocenters. The minimum atomic E-state index is -0.290. The summed E-state index contributed by atoms with van der Waals surface area (Å²) < 4.78 is 5.40. The Kier molecular flexibility index (Phi) is 7.30. The Morgan fingerprint density at radius 2 is 1.63 bits per heavy atom. The van der Waals surface area contributed by atoms with Crippen LogP contribution in [0.2, 0.25) is 0 Å². The molecule has 0 saturated heterocycles. The lowest BCUT2D eigenvalue weighted by Gasteiger charge is -2.20. The summed E-state index contributed by atoms with van der Waals surface area (Å²) in [4.78, 5) is 25.2. The summed E-state index contributed by atoms with van der Waals surface area (Å²) in [6.07, 6.45) is 0. The number of thioether (sulfide) groups is 1. The second kappa shape index (κ2) is 9.46. The average molecular weight is 387 g/mol. The summed E-state index contributed by atoms with van der Waals surface area (Å²) >= 11 is 1.46. The van der Waals surface area contributed by atoms with Gasteiger partial charge >= 0.3 is 0 Å². The number of nitrogens with one attached hydrogen (secondary N) is 2. The molecule has 0 aliphatic rings. The average Bonchev–Trinajstić information content (AvgIpc) is 2.60. The van der Waals surface area contributed by atoms with Crippen LogP contribution in [0.4, 0.5) is 5.69 Å². The number of anilines is 1. The van der Waals surface area contributed by atoms with E-state index in [2.05, 4.69) is 10.6 Å². The van der Waals surface area contributed by atoms with E-state index in [-0.39, 0.29) is 17.4 Å². The summed E-state index contributed by atoms with van der Waals surface area (Å²) in [5.74, 6) is 0.898. The second-order valence-corrected chi connectivity index (χ2v) is 8.07. The Morgan fingerprint density at radius 1 is 1.00 bits per heavy atom. The molecule has 6 heteroatoms. The number of hydrogen-bond donors (Lipinski definition) is 2. The van der Waals surface area contributed by atoms with E-state index in [0.29, 0.717) is 23.6 Å². The third-order valence-electron chi connectivity index (χ3n) is 3.42. The molecule has 144 valence electrons. The molecule has 0 heterocycles. The summed E-state index contributed by atoms with van der Waals surface area (Å²) in [5.41, 5.74) is 0.938. The van der Waals surface area contributed by atoms with Gasteiger partial charge in [0.15, 0.2) is 0 Å². The van der Waals surface area contributed by atoms with E-state index >= 15 is 0 Å². The largest absolute Gasteiger partial charge is 0.494 e. The Bertz CT molecular complexity index is 766. The highest BCUT2D eigenvalue weighted by molar-refractivity contribution is 8.00. The van der Waals surface area contributed by atoms with Crippen molar-refractivity contribution in [2.45, 2.75) is 38.1 Å². The lowest BCUT2D eigenvalue weighted by molar-refractivity contribution is -0.113. The fourth-order valence-electron chi connectivity index (χ4n) is 2.26. The van der Waals surface area contributed by atoms with Gasteiger partial charge in [-0.2, -0.15) is 0 Å². The van der Waals surface area contributed by atoms with E-state index in [9.17, 15) is 9.59 Å². The van der Waals surface area contributed by atoms with Crippen LogP contribution >= 0.6 is 11.8 Å². The lowest BCUT2D eigenvalue weighted by Crippen LogP contribution is -2.40. The molecule has 0 bridgehead atoms. The predicted octanol–water partition coefficient (Wildman–Crippen LogP) is 4.34. The first kappa shape index (κ1) is 20.8. The minimum Gasteiger partial charge on any atom is -0.494 e. The SMILES string of the molecule is CCOc1ccc(SCC(=O)Nc2ccc(C(=O)NC(C)(C)C)cc2)cc1. The number of carbonyl (C=O) groups excluding carboxylic acids is 2. The van der Waals surface area contributed by atoms with Gasteiger partial charge in [-0.1, -0.05) is 0 Å². The molecule has 5 nitrogen and oxygen atoms in total. The first-order valence-electron chi connectivity index (χ1n) is 8.85. The molecule has 0 aliphatic carbocycles. The van der Waals surface area contributed by atoms with Crippen LogP contribution < -0.4 is 15.4 Å². The van der Waals surface area contributed by atoms with E-state index in [0.717, 1.165) is 10.6 Å². The molecule has 2 aromatic carbocycles. The molecule has 2 amide bonds. The van der Waals surface area contributed by atoms with Gasteiger partial charge in [0.05, 0.1) is 12.4 Å². The molecular formula is C21H26N2O3S. The van der Waals surface area contributed by atoms with Crippen molar-refractivity contribution < 1.29 is 14.3 Å². The molecule has 0 aliphatic heterocycles. The van der Waals surface area contributed by atoms with Crippen molar-refractivity contribution >= 4 is 29.3 Å². The van der Waals surface area contributed by atoms with Crippen LogP contribution in [0.5, 0.6) is 5.75 Å². The fraction of sp³-hybridized carbons (Fsp3) is 0.333. The zero-order valence-corrected chi connectivity index (χ0v) is 17.0. The molecule has 2 N–H and O–H groups in total. The first-order valence-corrected chi connectivity index (χ1v) is 9.83. The smallest absolute Gasteiger partial charge is 0.251 e. The van der Waals surface area contributed by atoms with Crippen molar-refractivity contribution in [1.82, 2.24) is 5.32 Å². The highest BCUT2D eigenvalue weighted by Gasteiger charge is 2.15. The zero-order valence-electron chi connectivity index (χ0n) is 16.2. The topological polar surface area (TPSA) is 67.4 Å². The van der Waals surface area contributed by atoms with Crippen molar-refractivity contribution in [2.24, 2.45) is 0 Å². The minimum absolute atomic E-state index is 0.0965. The third kappa shape index (κ3) is 7.35. The van der Waals surface area contributed by atoms with Crippen LogP contribution in [0.25, 0.3) is 0 Å². The van der Waals surface area contributed by atoms with Crippen molar-refractivity contribution in [3.63, 3.8) is 0 Å². The van der Waals surface area contributed by atoms with Gasteiger partial charge < -0.3 is 15.4 Å². The predicted molar refractivity (Wildman–Crippen MR) is 111 cm³/mol. The normalized spacial score (nSPS) is 11.0. The fourth-order valence-corrected chi connectivity index (χ4v) is 2.96. The maximum atomic E-state index is 12.1. The molecule has 0 atom stereocenters. The van der Waals surface area contributed by atoms with Crippen molar-refractivity contribution in [3.8, 4) is 5.75 Å². The Balaban J connectivity index is 1.84. The van der Waals surface area contributed by atoms with E-state index in [1.807, 2.05) is 52.0 Å². The summed E-state index contributed by atoms with van der Waals surface area (Å²) in [6, 6.07) is 14.5. The maximum Gasteiger partial charge on any atom is 0.251 e. The molecule has 0 saturated carbocycles. The van der Waals surface area contributed by atoms with E-state index in [4.69, 9.17) is 4.74 Å². The van der Waals surface area contributed by atoms with Gasteiger partial charge in [-0.15, -0.1) is 11.8 Å². The first-order chi connectivity index (χ1) is 12.8. The quantitative estimate of drug-likeness (QED) is 0.695. The number of carbonyl (C=O) groups is 2. The second-order valence-electron chi connectivity index (χ2n) is 7.02. The lowest BCUT2D eigenvalue weighted by atomic mass is 10.1. The number of ether oxygens (including phenoxy) is 1. The van der Waals surface area contributed by atoms with E-state index in [1.54, 1.807) is 24.3 Å². The van der Waals surface area contributed by atoms with Crippen molar-refractivity contribution in [2.75, 3.05) is 17.7 Å². The third-order valence-corrected chi connectivity index (χ3v) is 4.44. The number of rotatable bonds is 7. The molecule has 27 heavy (non-hydrogen) atoms. The van der Waals surface area contributed by atoms with Crippen LogP contribution in [0.1, 0.15) is 38.1 Å². The van der Waals surface area contributed by atoms with Crippen LogP contribution in [-0.2, 0) is 4.79 Å². The van der Waals surface area contributed by atoms with E-state index < -0.39 is 0 Å². The molecule has 2 rings (SSSR count). The molecule has 0 aromatic heterocycles. The number of benzene rings is 2. The van der Waals surface area contributed by atoms with Gasteiger partial charge in [0.1, 0.15) is 5.75 Å². The van der Waals surface area contributed by atoms with Gasteiger partial charge in [-0.3, -0.25) is 9.59 Å². The standard InChI is InChI=1S/C21H26N2O3S/c1-5-26-17-10-12-18(13-11-17)27-14-19(24)22-16-8-6-15(7-9-16)20(25)23-21(2,3)4/h6-13H,5,14H2,1-4H3,(H,22,24)(H,23,25). The van der Waals surface area contributed by atoms with Crippen LogP contribution in [-0.4, -0.2) is 29.7 Å². The molecule has 0 radical (unpaired) electrons. The number of hydrogen-bond acceptors (Lipinski definition) is 4. The summed E-state index contributed by atoms with van der Waals surface area (Å²) in [6.45, 7) is 8.37. The van der Waals surface area contributed by atoms with Gasteiger partial charge in [0, 0.05) is 21.7 Å². The van der Waals surface area contributed by atoms with Gasteiger partial charge in [0.25, 0.3) is 5.91 Å². The van der Waals surface area contributed by atoms with Gasteiger partial charge in [0.2, 0.25) is 5.91 Å². The Labute approximate surface area is 164 Å². The van der Waals surface area contributed by atoms with Crippen molar-refractivity contribution in [1.29, 1.82) is 0 Å². The number of amides is 2. The zero-order chi connectivity index (χ0) is 19.9. The maximum absolute atomic E-state index is 12.1. The molecule has 0 spiro atoms. The van der Waals surface area contributed by atoms with Gasteiger partial charge in [-0.05, 0) is 76.2 Å².